The lowest BCUT2D eigenvalue weighted by atomic mass is 10.3. The first-order valence-corrected chi connectivity index (χ1v) is 9.93. The van der Waals surface area contributed by atoms with Crippen molar-refractivity contribution in [2.45, 2.75) is 20.0 Å². The van der Waals surface area contributed by atoms with E-state index in [-0.39, 0.29) is 0 Å². The monoisotopic (exact) mass is 413 g/mol. The summed E-state index contributed by atoms with van der Waals surface area (Å²) < 4.78 is 1.70. The number of rotatable bonds is 8. The van der Waals surface area contributed by atoms with Crippen molar-refractivity contribution < 1.29 is 0 Å². The topological polar surface area (TPSA) is 141 Å². The maximum absolute atomic E-state index is 5.69. The number of nitrogens with one attached hydrogen (secondary N) is 4. The molecule has 0 atom stereocenters. The van der Waals surface area contributed by atoms with Crippen molar-refractivity contribution in [2.75, 3.05) is 28.3 Å². The van der Waals surface area contributed by atoms with Gasteiger partial charge in [-0.2, -0.15) is 0 Å². The molecule has 0 unspecified atom stereocenters. The van der Waals surface area contributed by atoms with Crippen LogP contribution in [0.3, 0.4) is 0 Å². The minimum absolute atomic E-state index is 0.372. The van der Waals surface area contributed by atoms with Gasteiger partial charge in [0.05, 0.1) is 18.8 Å². The van der Waals surface area contributed by atoms with E-state index in [0.29, 0.717) is 36.9 Å². The molecule has 0 aliphatic heterocycles. The molecule has 0 spiro atoms. The van der Waals surface area contributed by atoms with Crippen molar-refractivity contribution in [1.29, 1.82) is 0 Å². The van der Waals surface area contributed by atoms with Gasteiger partial charge < -0.3 is 26.3 Å². The van der Waals surface area contributed by atoms with Gasteiger partial charge in [-0.25, -0.2) is 0 Å². The van der Waals surface area contributed by atoms with Crippen LogP contribution in [0.15, 0.2) is 22.9 Å². The number of H-pyrrole nitrogens is 2. The molecule has 4 heterocycles. The summed E-state index contributed by atoms with van der Waals surface area (Å²) in [6.07, 6.45) is 0. The number of nitrogens with two attached hydrogens (primary N) is 1. The molecule has 0 saturated carbocycles. The van der Waals surface area contributed by atoms with E-state index in [1.165, 1.54) is 5.56 Å². The quantitative estimate of drug-likeness (QED) is 0.296. The molecule has 11 nitrogen and oxygen atoms in total. The Kier molecular flexibility index (Phi) is 5.08. The molecule has 4 aromatic rings. The lowest BCUT2D eigenvalue weighted by Crippen LogP contribution is -2.18. The third kappa shape index (κ3) is 4.16. The predicted molar refractivity (Wildman–Crippen MR) is 114 cm³/mol. The van der Waals surface area contributed by atoms with E-state index < -0.39 is 0 Å². The van der Waals surface area contributed by atoms with Gasteiger partial charge in [0.25, 0.3) is 0 Å². The second kappa shape index (κ2) is 7.83. The highest BCUT2D eigenvalue weighted by atomic mass is 32.1. The van der Waals surface area contributed by atoms with Gasteiger partial charge in [0.2, 0.25) is 23.8 Å². The van der Waals surface area contributed by atoms with E-state index in [1.54, 1.807) is 15.9 Å². The summed E-state index contributed by atoms with van der Waals surface area (Å²) in [5.41, 5.74) is 9.99. The Labute approximate surface area is 171 Å². The average molecular weight is 414 g/mol. The first-order valence-electron chi connectivity index (χ1n) is 8.98. The molecule has 0 saturated heterocycles. The molecule has 0 aromatic carbocycles. The van der Waals surface area contributed by atoms with Gasteiger partial charge in [-0.05, 0) is 30.0 Å². The zero-order valence-corrected chi connectivity index (χ0v) is 17.2. The normalized spacial score (nSPS) is 11.0. The number of aromatic nitrogens is 7. The number of nitrogen functional groups attached to an aromatic ring is 1. The van der Waals surface area contributed by atoms with Gasteiger partial charge in [-0.1, -0.05) is 0 Å². The highest BCUT2D eigenvalue weighted by Crippen LogP contribution is 2.23. The summed E-state index contributed by atoms with van der Waals surface area (Å²) in [4.78, 5) is 8.58. The lowest BCUT2D eigenvalue weighted by molar-refractivity contribution is 0.842. The number of aryl methyl sites for hydroxylation is 1. The van der Waals surface area contributed by atoms with Crippen LogP contribution >= 0.6 is 11.3 Å². The molecule has 4 aromatic heterocycles. The van der Waals surface area contributed by atoms with Crippen molar-refractivity contribution in [3.8, 4) is 0 Å². The van der Waals surface area contributed by atoms with E-state index in [0.717, 1.165) is 17.1 Å². The Morgan fingerprint density at radius 2 is 1.97 bits per heavy atom. The molecule has 6 N–H and O–H groups in total. The number of thiophene rings is 1. The Bertz CT molecular complexity index is 1090. The molecule has 0 amide bonds. The van der Waals surface area contributed by atoms with Gasteiger partial charge in [-0.3, -0.25) is 9.55 Å². The Morgan fingerprint density at radius 3 is 2.69 bits per heavy atom. The zero-order valence-electron chi connectivity index (χ0n) is 16.4. The smallest absolute Gasteiger partial charge is 0.227 e. The van der Waals surface area contributed by atoms with Crippen molar-refractivity contribution in [3.05, 3.63) is 39.8 Å². The van der Waals surface area contributed by atoms with E-state index >= 15 is 0 Å². The van der Waals surface area contributed by atoms with Crippen LogP contribution in [0.2, 0.25) is 0 Å². The van der Waals surface area contributed by atoms with E-state index in [9.17, 15) is 0 Å². The Morgan fingerprint density at radius 1 is 1.14 bits per heavy atom. The summed E-state index contributed by atoms with van der Waals surface area (Å²) in [6.45, 7) is 3.30. The molecular formula is C17H23N11S. The first kappa shape index (κ1) is 18.8. The lowest BCUT2D eigenvalue weighted by Gasteiger charge is -2.14. The van der Waals surface area contributed by atoms with Gasteiger partial charge in [0.15, 0.2) is 0 Å². The number of nitrogens with zero attached hydrogens (tertiary/aromatic N) is 6. The average Bonchev–Trinajstić information content (AvgIpc) is 3.47. The van der Waals surface area contributed by atoms with Crippen LogP contribution in [0.1, 0.15) is 17.0 Å². The van der Waals surface area contributed by atoms with Crippen LogP contribution in [0.25, 0.3) is 0 Å². The number of aromatic amines is 2. The Balaban J connectivity index is 1.33. The summed E-state index contributed by atoms with van der Waals surface area (Å²) in [6, 6.07) is 4.07. The second-order valence-electron chi connectivity index (χ2n) is 6.75. The molecule has 0 aliphatic carbocycles. The highest BCUT2D eigenvalue weighted by Gasteiger charge is 2.11. The van der Waals surface area contributed by atoms with Gasteiger partial charge >= 0.3 is 0 Å². The first-order chi connectivity index (χ1) is 14.0. The fourth-order valence-electron chi connectivity index (χ4n) is 2.78. The maximum Gasteiger partial charge on any atom is 0.227 e. The molecular weight excluding hydrogens is 390 g/mol. The molecule has 0 radical (unpaired) electrons. The van der Waals surface area contributed by atoms with Crippen LogP contribution < -0.4 is 21.3 Å². The van der Waals surface area contributed by atoms with Crippen molar-refractivity contribution in [2.24, 2.45) is 7.05 Å². The highest BCUT2D eigenvalue weighted by molar-refractivity contribution is 7.08. The molecule has 29 heavy (non-hydrogen) atoms. The fourth-order valence-corrected chi connectivity index (χ4v) is 3.56. The number of anilines is 5. The molecule has 0 aliphatic rings. The van der Waals surface area contributed by atoms with E-state index in [1.807, 2.05) is 36.5 Å². The predicted octanol–water partition coefficient (Wildman–Crippen LogP) is 2.21. The molecule has 0 bridgehead atoms. The van der Waals surface area contributed by atoms with Gasteiger partial charge in [0.1, 0.15) is 0 Å². The molecule has 4 rings (SSSR count). The zero-order chi connectivity index (χ0) is 20.4. The third-order valence-electron chi connectivity index (χ3n) is 4.50. The summed E-state index contributed by atoms with van der Waals surface area (Å²) in [5, 5.41) is 26.8. The summed E-state index contributed by atoms with van der Waals surface area (Å²) in [7, 11) is 3.77. The number of hydrogen-bond acceptors (Lipinski definition) is 9. The summed E-state index contributed by atoms with van der Waals surface area (Å²) in [5.74, 6) is 2.30. The van der Waals surface area contributed by atoms with Crippen LogP contribution in [0, 0.1) is 6.92 Å². The van der Waals surface area contributed by atoms with Gasteiger partial charge in [0, 0.05) is 30.9 Å². The molecule has 12 heteroatoms. The van der Waals surface area contributed by atoms with E-state index in [2.05, 4.69) is 53.3 Å². The van der Waals surface area contributed by atoms with Crippen LogP contribution in [0.5, 0.6) is 0 Å². The number of hydrogen-bond donors (Lipinski definition) is 5. The van der Waals surface area contributed by atoms with Crippen LogP contribution in [-0.2, 0) is 20.1 Å². The third-order valence-corrected chi connectivity index (χ3v) is 5.37. The van der Waals surface area contributed by atoms with Crippen molar-refractivity contribution >= 4 is 40.8 Å². The fraction of sp³-hybridized carbons (Fsp3) is 0.294. The van der Waals surface area contributed by atoms with Crippen molar-refractivity contribution in [1.82, 2.24) is 34.9 Å². The maximum atomic E-state index is 5.69. The minimum atomic E-state index is 0.372. The van der Waals surface area contributed by atoms with E-state index in [4.69, 9.17) is 5.73 Å². The molecule has 0 fully saturated rings. The second-order valence-corrected chi connectivity index (χ2v) is 7.49. The van der Waals surface area contributed by atoms with Crippen LogP contribution in [-0.4, -0.2) is 42.0 Å². The van der Waals surface area contributed by atoms with Crippen molar-refractivity contribution in [3.63, 3.8) is 0 Å². The Hall–Kier alpha value is -3.54. The minimum Gasteiger partial charge on any atom is -0.368 e. The van der Waals surface area contributed by atoms with Gasteiger partial charge in [-0.15, -0.1) is 31.7 Å². The SMILES string of the molecule is Cc1cscc1Nc1nnc(N(C)Cc2ccc(CNc3nnc(N)n3C)[nH]2)[nH]1. The largest absolute Gasteiger partial charge is 0.368 e. The standard InChI is InChI=1S/C17H23N11S/c1-10-8-29-9-13(10)21-15-22-17(26-24-15)27(2)7-12-5-4-11(20-12)6-19-16-25-23-14(18)28(16)3/h4-5,8-9,20H,6-7H2,1-3H3,(H2,18,23)(H,19,25)(H2,21,22,24,26). The summed E-state index contributed by atoms with van der Waals surface area (Å²) >= 11 is 1.65. The molecule has 152 valence electrons. The van der Waals surface area contributed by atoms with Crippen LogP contribution in [0.4, 0.5) is 29.5 Å².